The van der Waals surface area contributed by atoms with Crippen LogP contribution in [0, 0.1) is 35.2 Å². The van der Waals surface area contributed by atoms with Crippen molar-refractivity contribution in [2.24, 2.45) is 17.8 Å². The van der Waals surface area contributed by atoms with Crippen molar-refractivity contribution in [3.05, 3.63) is 179 Å². The second kappa shape index (κ2) is 25.2. The summed E-state index contributed by atoms with van der Waals surface area (Å²) in [6.07, 6.45) is -8.67. The van der Waals surface area contributed by atoms with Gasteiger partial charge >= 0.3 is 18.5 Å². The Morgan fingerprint density at radius 1 is 0.424 bits per heavy atom. The Balaban J connectivity index is 0.000000133. The molecule has 0 bridgehead atoms. The van der Waals surface area contributed by atoms with Gasteiger partial charge in [0, 0.05) is 28.1 Å². The average molecular weight is 1390 g/mol. The highest BCUT2D eigenvalue weighted by Crippen LogP contribution is 2.61. The van der Waals surface area contributed by atoms with E-state index in [-0.39, 0.29) is 81.0 Å². The number of ketones is 1. The van der Waals surface area contributed by atoms with Crippen LogP contribution >= 0.6 is 0 Å². The number of aliphatic hydroxyl groups excluding tert-OH is 2. The van der Waals surface area contributed by atoms with Crippen LogP contribution in [0.15, 0.2) is 128 Å². The summed E-state index contributed by atoms with van der Waals surface area (Å²) in [7, 11) is 0. The summed E-state index contributed by atoms with van der Waals surface area (Å²) in [5.41, 5.74) is -1.31. The van der Waals surface area contributed by atoms with Gasteiger partial charge in [-0.1, -0.05) is 20.8 Å². The minimum absolute atomic E-state index is 0.114. The maximum absolute atomic E-state index is 13.7. The van der Waals surface area contributed by atoms with Gasteiger partial charge in [0.25, 0.3) is 0 Å². The fourth-order valence-corrected chi connectivity index (χ4v) is 18.1. The van der Waals surface area contributed by atoms with Crippen LogP contribution in [0.2, 0.25) is 0 Å². The molecule has 6 aliphatic rings. The number of nitrogens with zero attached hydrogens (tertiary/aromatic N) is 6. The smallest absolute Gasteiger partial charge is 0.388 e. The fraction of sp³-hybridized carbons (Fsp3) is 0.467. The summed E-state index contributed by atoms with van der Waals surface area (Å²) in [5.74, 6) is -2.45. The van der Waals surface area contributed by atoms with Crippen LogP contribution in [-0.2, 0) is 16.2 Å². The van der Waals surface area contributed by atoms with Crippen molar-refractivity contribution in [3.63, 3.8) is 0 Å². The summed E-state index contributed by atoms with van der Waals surface area (Å²) in [4.78, 5) is 13.2. The summed E-state index contributed by atoms with van der Waals surface area (Å²) in [5, 5.41) is 69.1. The zero-order valence-electron chi connectivity index (χ0n) is 54.6. The highest BCUT2D eigenvalue weighted by atomic mass is 19.4. The lowest BCUT2D eigenvalue weighted by molar-refractivity contribution is -0.279. The second-order valence-corrected chi connectivity index (χ2v) is 28.5. The number of halogens is 12. The first-order chi connectivity index (χ1) is 46.7. The van der Waals surface area contributed by atoms with Crippen LogP contribution in [0.25, 0.3) is 49.8 Å². The molecule has 6 aliphatic carbocycles. The van der Waals surface area contributed by atoms with E-state index < -0.39 is 88.0 Å². The van der Waals surface area contributed by atoms with E-state index in [0.717, 1.165) is 43.9 Å². The molecule has 3 aromatic heterocycles. The van der Waals surface area contributed by atoms with Gasteiger partial charge in [0.2, 0.25) is 0 Å². The topological polar surface area (TPSA) is 172 Å². The van der Waals surface area contributed by atoms with Crippen molar-refractivity contribution in [1.29, 1.82) is 0 Å². The van der Waals surface area contributed by atoms with E-state index in [1.165, 1.54) is 36.4 Å². The first kappa shape index (κ1) is 69.8. The van der Waals surface area contributed by atoms with E-state index in [4.69, 9.17) is 0 Å². The van der Waals surface area contributed by atoms with E-state index in [2.05, 4.69) is 15.3 Å². The number of Topliss-reactive ketones (excluding diaryl/α,β-unsaturated/α-hetero) is 1. The number of hydrogen-bond donors (Lipinski definition) is 5. The molecule has 0 spiro atoms. The SMILES string of the molecule is CC[C@@]12CC[C@](O)(C(F)(F)F)C[C@H]1CCC(=O)c1cc3c(cnn3-c3ccc(F)cc3)cc12.CC[C@@]12CC[C@](O)(C(F)(F)F)C[C@H]1CC[C@@H](O)c1cc3c(cnn3-c3ccc(F)cc3)cc12.CC[C@@]12CC[C@](O)(C(F)(F)F)C[C@H]1CC[C@H](O)c1cc3c(cnn3-c3ccc(F)cc3)cc12. The molecule has 9 aromatic rings. The number of aromatic nitrogens is 6. The number of benzene rings is 6. The van der Waals surface area contributed by atoms with Gasteiger partial charge in [0.1, 0.15) is 17.5 Å². The number of alkyl halides is 9. The molecular weight excluding hydrogens is 1310 g/mol. The van der Waals surface area contributed by atoms with Crippen molar-refractivity contribution in [1.82, 2.24) is 29.3 Å². The molecule has 99 heavy (non-hydrogen) atoms. The second-order valence-electron chi connectivity index (χ2n) is 28.5. The van der Waals surface area contributed by atoms with Gasteiger partial charge in [-0.2, -0.15) is 54.8 Å². The molecule has 0 aliphatic heterocycles. The minimum atomic E-state index is -4.70. The third kappa shape index (κ3) is 11.8. The van der Waals surface area contributed by atoms with Crippen molar-refractivity contribution in [2.75, 3.05) is 0 Å². The Hall–Kier alpha value is -7.64. The van der Waals surface area contributed by atoms with Gasteiger partial charge < -0.3 is 25.5 Å². The Kier molecular flexibility index (Phi) is 17.7. The van der Waals surface area contributed by atoms with Crippen LogP contribution in [0.5, 0.6) is 0 Å². The molecule has 0 saturated heterocycles. The number of aliphatic hydroxyl groups is 5. The largest absolute Gasteiger partial charge is 0.417 e. The molecule has 0 amide bonds. The van der Waals surface area contributed by atoms with Gasteiger partial charge in [0.05, 0.1) is 64.4 Å². The van der Waals surface area contributed by atoms with Crippen molar-refractivity contribution < 1.29 is 83.0 Å². The standard InChI is InChI=1S/2C25H26F4N2O2.C25H24F4N2O2/c3*1-2-23-9-10-24(33,25(27,28)29)13-16(23)3-8-22(32)19-12-21-15(11-20(19)23)14-30-31(21)18-6-4-17(26)5-7-18/h2*4-7,11-12,14,16,22,32-33H,2-3,8-10,13H2,1H3;4-7,11-12,14,16,33H,2-3,8-10,13H2,1H3/t16-,22+,23-,24-;16-,22-,23-,24-;16-,23-,24-/m111/s1. The van der Waals surface area contributed by atoms with E-state index >= 15 is 0 Å². The molecule has 15 rings (SSSR count). The Bertz CT molecular complexity index is 4330. The van der Waals surface area contributed by atoms with Gasteiger partial charge in [-0.05, 0) is 280 Å². The molecule has 12 nitrogen and oxygen atoms in total. The summed E-state index contributed by atoms with van der Waals surface area (Å²) in [6, 6.07) is 29.0. The van der Waals surface area contributed by atoms with Crippen molar-refractivity contribution in [3.8, 4) is 17.1 Å². The van der Waals surface area contributed by atoms with Crippen LogP contribution in [-0.4, -0.2) is 96.0 Å². The van der Waals surface area contributed by atoms with Crippen molar-refractivity contribution >= 4 is 38.5 Å². The molecule has 6 aromatic carbocycles. The van der Waals surface area contributed by atoms with E-state index in [1.54, 1.807) is 75.1 Å². The molecule has 526 valence electrons. The van der Waals surface area contributed by atoms with Crippen LogP contribution in [0.3, 0.4) is 0 Å². The normalized spacial score (nSPS) is 29.3. The molecule has 3 heterocycles. The zero-order chi connectivity index (χ0) is 70.8. The van der Waals surface area contributed by atoms with E-state index in [0.29, 0.717) is 90.6 Å². The summed E-state index contributed by atoms with van der Waals surface area (Å²) < 4.78 is 168. The lowest BCUT2D eigenvalue weighted by Gasteiger charge is -2.50. The minimum Gasteiger partial charge on any atom is -0.388 e. The Labute approximate surface area is 562 Å². The maximum atomic E-state index is 13.7. The highest BCUT2D eigenvalue weighted by Gasteiger charge is 2.64. The summed E-state index contributed by atoms with van der Waals surface area (Å²) in [6.45, 7) is 5.88. The molecule has 11 atom stereocenters. The lowest BCUT2D eigenvalue weighted by atomic mass is 9.56. The molecule has 3 saturated carbocycles. The van der Waals surface area contributed by atoms with Gasteiger partial charge in [-0.3, -0.25) is 4.79 Å². The zero-order valence-corrected chi connectivity index (χ0v) is 54.6. The first-order valence-corrected chi connectivity index (χ1v) is 33.8. The molecular formula is C75H76F12N6O6. The molecule has 0 radical (unpaired) electrons. The maximum Gasteiger partial charge on any atom is 0.417 e. The number of fused-ring (bicyclic) bond motifs is 12. The molecule has 0 unspecified atom stereocenters. The summed E-state index contributed by atoms with van der Waals surface area (Å²) >= 11 is 0. The number of carbonyl (C=O) groups is 1. The third-order valence-corrected chi connectivity index (χ3v) is 23.9. The number of carbonyl (C=O) groups excluding carboxylic acids is 1. The number of hydrogen-bond acceptors (Lipinski definition) is 9. The van der Waals surface area contributed by atoms with E-state index in [9.17, 15) is 83.0 Å². The quantitative estimate of drug-likeness (QED) is 0.102. The number of rotatable bonds is 6. The predicted octanol–water partition coefficient (Wildman–Crippen LogP) is 17.3. The van der Waals surface area contributed by atoms with Crippen molar-refractivity contribution in [2.45, 2.75) is 200 Å². The Morgan fingerprint density at radius 2 is 0.727 bits per heavy atom. The molecule has 5 N–H and O–H groups in total. The first-order valence-electron chi connectivity index (χ1n) is 33.8. The Morgan fingerprint density at radius 3 is 1.05 bits per heavy atom. The van der Waals surface area contributed by atoms with Gasteiger partial charge in [0.15, 0.2) is 22.6 Å². The highest BCUT2D eigenvalue weighted by molar-refractivity contribution is 6.02. The third-order valence-electron chi connectivity index (χ3n) is 23.9. The van der Waals surface area contributed by atoms with Crippen LogP contribution in [0.4, 0.5) is 52.7 Å². The lowest BCUT2D eigenvalue weighted by Crippen LogP contribution is -2.54. The van der Waals surface area contributed by atoms with E-state index in [1.807, 2.05) is 51.1 Å². The molecule has 3 fully saturated rings. The average Bonchev–Trinajstić information content (AvgIpc) is 1.71. The van der Waals surface area contributed by atoms with Gasteiger partial charge in [-0.15, -0.1) is 0 Å². The van der Waals surface area contributed by atoms with Crippen LogP contribution < -0.4 is 0 Å². The van der Waals surface area contributed by atoms with Crippen LogP contribution in [0.1, 0.15) is 187 Å². The molecule has 24 heteroatoms. The van der Waals surface area contributed by atoms with Gasteiger partial charge in [-0.25, -0.2) is 27.2 Å². The monoisotopic (exact) mass is 1380 g/mol. The predicted molar refractivity (Wildman–Crippen MR) is 346 cm³/mol. The fourth-order valence-electron chi connectivity index (χ4n) is 18.1.